The third-order valence-electron chi connectivity index (χ3n) is 1.73. The predicted octanol–water partition coefficient (Wildman–Crippen LogP) is 1.50. The molecule has 0 atom stereocenters. The van der Waals surface area contributed by atoms with Gasteiger partial charge in [0.1, 0.15) is 5.82 Å². The van der Waals surface area contributed by atoms with Crippen LogP contribution in [0.5, 0.6) is 0 Å². The first kappa shape index (κ1) is 7.03. The number of halogens is 1. The minimum absolute atomic E-state index is 0.297. The highest BCUT2D eigenvalue weighted by molar-refractivity contribution is 5.80. The standard InChI is InChI=1S/C9H7FNO/c10-9-2-1-7-3-4-11(12)6-8(7)5-9/h1-6,12H/q+1. The van der Waals surface area contributed by atoms with Crippen LogP contribution >= 0.6 is 0 Å². The monoisotopic (exact) mass is 164 g/mol. The molecule has 0 aliphatic rings. The first-order valence-electron chi connectivity index (χ1n) is 3.55. The van der Waals surface area contributed by atoms with Crippen LogP contribution < -0.4 is 4.73 Å². The van der Waals surface area contributed by atoms with Crippen LogP contribution in [0, 0.1) is 5.82 Å². The van der Waals surface area contributed by atoms with Crippen LogP contribution in [0.3, 0.4) is 0 Å². The van der Waals surface area contributed by atoms with Gasteiger partial charge in [-0.25, -0.2) is 4.39 Å². The zero-order valence-corrected chi connectivity index (χ0v) is 6.24. The number of hydrogen-bond acceptors (Lipinski definition) is 1. The minimum atomic E-state index is -0.297. The van der Waals surface area contributed by atoms with E-state index in [-0.39, 0.29) is 5.82 Å². The highest BCUT2D eigenvalue weighted by atomic mass is 19.1. The lowest BCUT2D eigenvalue weighted by atomic mass is 10.2. The van der Waals surface area contributed by atoms with E-state index in [1.807, 2.05) is 0 Å². The van der Waals surface area contributed by atoms with Crippen molar-refractivity contribution >= 4 is 10.8 Å². The SMILES string of the molecule is O[n+]1ccc2ccc(F)cc2c1. The summed E-state index contributed by atoms with van der Waals surface area (Å²) in [6, 6.07) is 6.16. The summed E-state index contributed by atoms with van der Waals surface area (Å²) in [6.45, 7) is 0. The second-order valence-corrected chi connectivity index (χ2v) is 2.60. The fourth-order valence-electron chi connectivity index (χ4n) is 1.15. The van der Waals surface area contributed by atoms with E-state index in [4.69, 9.17) is 5.21 Å². The van der Waals surface area contributed by atoms with Gasteiger partial charge in [0.15, 0.2) is 0 Å². The molecule has 0 aliphatic carbocycles. The highest BCUT2D eigenvalue weighted by Gasteiger charge is 2.01. The van der Waals surface area contributed by atoms with Gasteiger partial charge in [0, 0.05) is 10.8 Å². The Kier molecular flexibility index (Phi) is 1.43. The Balaban J connectivity index is 2.80. The van der Waals surface area contributed by atoms with Crippen molar-refractivity contribution in [2.75, 3.05) is 0 Å². The van der Waals surface area contributed by atoms with E-state index in [0.717, 1.165) is 10.1 Å². The maximum Gasteiger partial charge on any atom is 0.230 e. The largest absolute Gasteiger partial charge is 0.285 e. The fourth-order valence-corrected chi connectivity index (χ4v) is 1.15. The topological polar surface area (TPSA) is 24.1 Å². The van der Waals surface area contributed by atoms with Crippen LogP contribution in [0.25, 0.3) is 10.8 Å². The molecule has 60 valence electrons. The number of nitrogens with zero attached hydrogens (tertiary/aromatic N) is 1. The molecule has 2 rings (SSSR count). The van der Waals surface area contributed by atoms with E-state index >= 15 is 0 Å². The number of pyridine rings is 1. The smallest absolute Gasteiger partial charge is 0.230 e. The Labute approximate surface area is 68.5 Å². The molecule has 0 bridgehead atoms. The van der Waals surface area contributed by atoms with E-state index in [9.17, 15) is 4.39 Å². The Morgan fingerprint density at radius 3 is 2.83 bits per heavy atom. The quantitative estimate of drug-likeness (QED) is 0.463. The van der Waals surface area contributed by atoms with Crippen molar-refractivity contribution in [3.05, 3.63) is 42.5 Å². The summed E-state index contributed by atoms with van der Waals surface area (Å²) in [7, 11) is 0. The van der Waals surface area contributed by atoms with Gasteiger partial charge in [0.25, 0.3) is 0 Å². The van der Waals surface area contributed by atoms with Gasteiger partial charge in [-0.2, -0.15) is 0 Å². The van der Waals surface area contributed by atoms with Gasteiger partial charge in [-0.3, -0.25) is 5.21 Å². The zero-order chi connectivity index (χ0) is 8.55. The molecule has 1 N–H and O–H groups in total. The molecular formula is C9H7FNO+. The Hall–Kier alpha value is -1.64. The molecule has 2 nitrogen and oxygen atoms in total. The van der Waals surface area contributed by atoms with Gasteiger partial charge in [-0.15, -0.1) is 0 Å². The lowest BCUT2D eigenvalue weighted by molar-refractivity contribution is -0.903. The van der Waals surface area contributed by atoms with Crippen LogP contribution in [-0.4, -0.2) is 5.21 Å². The zero-order valence-electron chi connectivity index (χ0n) is 6.24. The average molecular weight is 164 g/mol. The van der Waals surface area contributed by atoms with Crippen LogP contribution in [0.4, 0.5) is 4.39 Å². The van der Waals surface area contributed by atoms with Gasteiger partial charge in [-0.1, -0.05) is 6.07 Å². The summed E-state index contributed by atoms with van der Waals surface area (Å²) in [5.74, 6) is -0.297. The molecular weight excluding hydrogens is 157 g/mol. The number of rotatable bonds is 0. The number of benzene rings is 1. The van der Waals surface area contributed by atoms with Crippen molar-refractivity contribution in [2.45, 2.75) is 0 Å². The lowest BCUT2D eigenvalue weighted by Gasteiger charge is -1.92. The van der Waals surface area contributed by atoms with E-state index in [1.54, 1.807) is 12.1 Å². The maximum absolute atomic E-state index is 12.7. The van der Waals surface area contributed by atoms with Crippen molar-refractivity contribution < 1.29 is 14.3 Å². The molecule has 0 saturated carbocycles. The summed E-state index contributed by atoms with van der Waals surface area (Å²) < 4.78 is 13.6. The molecule has 0 spiro atoms. The molecule has 1 aromatic heterocycles. The molecule has 1 aromatic carbocycles. The number of hydrogen-bond donors (Lipinski definition) is 1. The van der Waals surface area contributed by atoms with Gasteiger partial charge < -0.3 is 0 Å². The summed E-state index contributed by atoms with van der Waals surface area (Å²) in [5, 5.41) is 10.6. The molecule has 0 saturated heterocycles. The van der Waals surface area contributed by atoms with E-state index in [1.165, 1.54) is 24.5 Å². The minimum Gasteiger partial charge on any atom is -0.285 e. The number of fused-ring (bicyclic) bond motifs is 1. The molecule has 1 heterocycles. The Morgan fingerprint density at radius 1 is 1.17 bits per heavy atom. The van der Waals surface area contributed by atoms with Crippen LogP contribution in [0.1, 0.15) is 0 Å². The first-order chi connectivity index (χ1) is 5.75. The molecule has 12 heavy (non-hydrogen) atoms. The Bertz CT molecular complexity index is 391. The van der Waals surface area contributed by atoms with Crippen molar-refractivity contribution in [3.8, 4) is 0 Å². The maximum atomic E-state index is 12.7. The van der Waals surface area contributed by atoms with Crippen LogP contribution in [0.2, 0.25) is 0 Å². The van der Waals surface area contributed by atoms with E-state index in [2.05, 4.69) is 0 Å². The highest BCUT2D eigenvalue weighted by Crippen LogP contribution is 2.11. The molecule has 2 aromatic rings. The van der Waals surface area contributed by atoms with Gasteiger partial charge in [0.2, 0.25) is 12.4 Å². The van der Waals surface area contributed by atoms with Crippen LogP contribution in [-0.2, 0) is 0 Å². The molecule has 0 amide bonds. The summed E-state index contributed by atoms with van der Waals surface area (Å²) in [4.78, 5) is 0. The van der Waals surface area contributed by atoms with Crippen LogP contribution in [0.15, 0.2) is 36.7 Å². The summed E-state index contributed by atoms with van der Waals surface area (Å²) in [5.41, 5.74) is 0. The normalized spacial score (nSPS) is 10.4. The second kappa shape index (κ2) is 2.44. The second-order valence-electron chi connectivity index (χ2n) is 2.60. The molecule has 0 fully saturated rings. The van der Waals surface area contributed by atoms with E-state index in [0.29, 0.717) is 5.39 Å². The van der Waals surface area contributed by atoms with Crippen molar-refractivity contribution in [1.29, 1.82) is 0 Å². The molecule has 0 aliphatic heterocycles. The van der Waals surface area contributed by atoms with E-state index < -0.39 is 0 Å². The molecule has 0 radical (unpaired) electrons. The van der Waals surface area contributed by atoms with Gasteiger partial charge >= 0.3 is 0 Å². The predicted molar refractivity (Wildman–Crippen MR) is 41.3 cm³/mol. The number of aromatic nitrogens is 1. The van der Waals surface area contributed by atoms with Gasteiger partial charge in [-0.05, 0) is 17.5 Å². The van der Waals surface area contributed by atoms with Crippen molar-refractivity contribution in [3.63, 3.8) is 0 Å². The summed E-state index contributed by atoms with van der Waals surface area (Å²) in [6.07, 6.45) is 2.96. The average Bonchev–Trinajstić information content (AvgIpc) is 2.03. The third-order valence-corrected chi connectivity index (χ3v) is 1.73. The summed E-state index contributed by atoms with van der Waals surface area (Å²) >= 11 is 0. The van der Waals surface area contributed by atoms with Gasteiger partial charge in [0.05, 0.1) is 5.39 Å². The molecule has 0 unspecified atom stereocenters. The van der Waals surface area contributed by atoms with Crippen molar-refractivity contribution in [1.82, 2.24) is 0 Å². The Morgan fingerprint density at radius 2 is 2.00 bits per heavy atom. The third kappa shape index (κ3) is 1.09. The van der Waals surface area contributed by atoms with Crippen molar-refractivity contribution in [2.24, 2.45) is 0 Å². The lowest BCUT2D eigenvalue weighted by Crippen LogP contribution is -2.27. The fraction of sp³-hybridized carbons (Fsp3) is 0. The molecule has 3 heteroatoms. The first-order valence-corrected chi connectivity index (χ1v) is 3.55.